The van der Waals surface area contributed by atoms with E-state index in [1.807, 2.05) is 18.5 Å². The van der Waals surface area contributed by atoms with Crippen molar-refractivity contribution in [3.05, 3.63) is 17.0 Å². The van der Waals surface area contributed by atoms with Crippen molar-refractivity contribution in [2.75, 3.05) is 13.2 Å². The number of rotatable bonds is 8. The Hall–Kier alpha value is -1.89. The number of nitrogens with one attached hydrogen (secondary N) is 2. The maximum Gasteiger partial charge on any atom is 0.272 e. The molecule has 1 fully saturated rings. The maximum atomic E-state index is 12.4. The molecule has 0 saturated heterocycles. The van der Waals surface area contributed by atoms with Crippen LogP contribution in [-0.4, -0.2) is 40.8 Å². The van der Waals surface area contributed by atoms with Gasteiger partial charge in [0.1, 0.15) is 0 Å². The number of hydrogen-bond acceptors (Lipinski definition) is 4. The van der Waals surface area contributed by atoms with Crippen molar-refractivity contribution in [3.63, 3.8) is 0 Å². The highest BCUT2D eigenvalue weighted by atomic mass is 16.5. The quantitative estimate of drug-likeness (QED) is 0.744. The molecule has 0 radical (unpaired) electrons. The minimum absolute atomic E-state index is 0.0693. The van der Waals surface area contributed by atoms with Gasteiger partial charge in [-0.25, -0.2) is 0 Å². The number of ether oxygens (including phenoxy) is 1. The molecule has 1 aliphatic heterocycles. The van der Waals surface area contributed by atoms with E-state index in [0.717, 1.165) is 43.4 Å². The summed E-state index contributed by atoms with van der Waals surface area (Å²) in [7, 11) is 0. The second kappa shape index (κ2) is 7.99. The normalized spacial score (nSPS) is 16.6. The molecule has 1 aromatic rings. The Labute approximate surface area is 148 Å². The third-order valence-corrected chi connectivity index (χ3v) is 5.00. The van der Waals surface area contributed by atoms with Crippen LogP contribution < -0.4 is 10.6 Å². The van der Waals surface area contributed by atoms with Crippen molar-refractivity contribution in [2.24, 2.45) is 5.92 Å². The third kappa shape index (κ3) is 4.21. The Morgan fingerprint density at radius 3 is 2.76 bits per heavy atom. The zero-order valence-electron chi connectivity index (χ0n) is 15.1. The van der Waals surface area contributed by atoms with E-state index in [4.69, 9.17) is 4.74 Å². The van der Waals surface area contributed by atoms with Crippen LogP contribution in [0, 0.1) is 5.92 Å². The summed E-state index contributed by atoms with van der Waals surface area (Å²) in [5.74, 6) is 0.0601. The van der Waals surface area contributed by atoms with Crippen LogP contribution in [0.15, 0.2) is 0 Å². The number of aromatic nitrogens is 2. The summed E-state index contributed by atoms with van der Waals surface area (Å²) in [5.41, 5.74) is 2.44. The topological polar surface area (TPSA) is 85.2 Å². The molecule has 3 rings (SSSR count). The van der Waals surface area contributed by atoms with Crippen molar-refractivity contribution < 1.29 is 14.3 Å². The molecule has 0 atom stereocenters. The van der Waals surface area contributed by atoms with Gasteiger partial charge in [0.25, 0.3) is 5.91 Å². The van der Waals surface area contributed by atoms with Gasteiger partial charge in [0.15, 0.2) is 5.69 Å². The van der Waals surface area contributed by atoms with E-state index in [2.05, 4.69) is 15.7 Å². The summed E-state index contributed by atoms with van der Waals surface area (Å²) >= 11 is 0. The Kier molecular flexibility index (Phi) is 5.73. The van der Waals surface area contributed by atoms with Crippen LogP contribution in [0.25, 0.3) is 0 Å². The minimum Gasteiger partial charge on any atom is -0.376 e. The van der Waals surface area contributed by atoms with Crippen LogP contribution in [0.4, 0.5) is 0 Å². The number of nitrogens with zero attached hydrogens (tertiary/aromatic N) is 2. The lowest BCUT2D eigenvalue weighted by Crippen LogP contribution is -2.33. The highest BCUT2D eigenvalue weighted by Gasteiger charge is 2.29. The molecule has 0 bridgehead atoms. The van der Waals surface area contributed by atoms with Crippen LogP contribution in [0.2, 0.25) is 0 Å². The molecule has 2 heterocycles. The number of fused-ring (bicyclic) bond motifs is 1. The number of amides is 2. The predicted octanol–water partition coefficient (Wildman–Crippen LogP) is 1.40. The van der Waals surface area contributed by atoms with Gasteiger partial charge < -0.3 is 15.4 Å². The van der Waals surface area contributed by atoms with Gasteiger partial charge in [-0.2, -0.15) is 5.10 Å². The summed E-state index contributed by atoms with van der Waals surface area (Å²) in [6.07, 6.45) is 4.55. The highest BCUT2D eigenvalue weighted by molar-refractivity contribution is 5.94. The van der Waals surface area contributed by atoms with E-state index in [9.17, 15) is 9.59 Å². The van der Waals surface area contributed by atoms with E-state index < -0.39 is 0 Å². The summed E-state index contributed by atoms with van der Waals surface area (Å²) in [6, 6.07) is 0.303. The largest absolute Gasteiger partial charge is 0.376 e. The molecule has 0 unspecified atom stereocenters. The smallest absolute Gasteiger partial charge is 0.272 e. The molecule has 2 amide bonds. The van der Waals surface area contributed by atoms with Gasteiger partial charge in [-0.3, -0.25) is 14.3 Å². The van der Waals surface area contributed by atoms with E-state index in [1.165, 1.54) is 0 Å². The summed E-state index contributed by atoms with van der Waals surface area (Å²) < 4.78 is 7.39. The predicted molar refractivity (Wildman–Crippen MR) is 93.2 cm³/mol. The molecule has 1 aliphatic carbocycles. The first-order chi connectivity index (χ1) is 12.1. The first-order valence-corrected chi connectivity index (χ1v) is 9.38. The minimum atomic E-state index is -0.107. The second-order valence-corrected chi connectivity index (χ2v) is 6.85. The Bertz CT molecular complexity index is 633. The Morgan fingerprint density at radius 1 is 1.32 bits per heavy atom. The lowest BCUT2D eigenvalue weighted by atomic mass is 10.0. The molecule has 2 aliphatic rings. The average Bonchev–Trinajstić information content (AvgIpc) is 3.35. The van der Waals surface area contributed by atoms with Crippen molar-refractivity contribution in [2.45, 2.75) is 65.1 Å². The lowest BCUT2D eigenvalue weighted by molar-refractivity contribution is -0.125. The summed E-state index contributed by atoms with van der Waals surface area (Å²) in [6.45, 7) is 6.23. The zero-order chi connectivity index (χ0) is 17.8. The van der Waals surface area contributed by atoms with Crippen LogP contribution in [0.1, 0.15) is 61.3 Å². The molecular weight excluding hydrogens is 320 g/mol. The van der Waals surface area contributed by atoms with Crippen molar-refractivity contribution >= 4 is 11.8 Å². The molecule has 1 aromatic heterocycles. The monoisotopic (exact) mass is 348 g/mol. The van der Waals surface area contributed by atoms with Crippen molar-refractivity contribution in [1.29, 1.82) is 0 Å². The highest BCUT2D eigenvalue weighted by Crippen LogP contribution is 2.23. The van der Waals surface area contributed by atoms with Crippen molar-refractivity contribution in [3.8, 4) is 0 Å². The molecule has 7 heteroatoms. The van der Waals surface area contributed by atoms with Gasteiger partial charge in [0.2, 0.25) is 5.91 Å². The fraction of sp³-hybridized carbons (Fsp3) is 0.722. The van der Waals surface area contributed by atoms with Crippen molar-refractivity contribution in [1.82, 2.24) is 20.4 Å². The lowest BCUT2D eigenvalue weighted by Gasteiger charge is -2.16. The molecule has 138 valence electrons. The number of carbonyl (C=O) groups excluding carboxylic acids is 2. The molecule has 2 N–H and O–H groups in total. The molecule has 0 spiro atoms. The average molecular weight is 348 g/mol. The Balaban J connectivity index is 1.65. The van der Waals surface area contributed by atoms with Gasteiger partial charge in [0.05, 0.1) is 19.8 Å². The van der Waals surface area contributed by atoms with E-state index in [-0.39, 0.29) is 17.7 Å². The van der Waals surface area contributed by atoms with Gasteiger partial charge in [-0.15, -0.1) is 0 Å². The standard InChI is InChI=1S/C18H28N4O3/c1-3-12(4-2)17(23)19-8-9-22-15-7-10-25-11-14(15)16(21-22)18(24)20-13-5-6-13/h12-13H,3-11H2,1-2H3,(H,19,23)(H,20,24). The van der Waals surface area contributed by atoms with E-state index in [0.29, 0.717) is 38.0 Å². The van der Waals surface area contributed by atoms with Gasteiger partial charge in [-0.1, -0.05) is 13.8 Å². The van der Waals surface area contributed by atoms with Gasteiger partial charge >= 0.3 is 0 Å². The molecule has 0 aromatic carbocycles. The third-order valence-electron chi connectivity index (χ3n) is 5.00. The van der Waals surface area contributed by atoms with E-state index in [1.54, 1.807) is 0 Å². The number of carbonyl (C=O) groups is 2. The molecule has 25 heavy (non-hydrogen) atoms. The summed E-state index contributed by atoms with van der Waals surface area (Å²) in [4.78, 5) is 24.5. The Morgan fingerprint density at radius 2 is 2.08 bits per heavy atom. The molecule has 1 saturated carbocycles. The van der Waals surface area contributed by atoms with E-state index >= 15 is 0 Å². The summed E-state index contributed by atoms with van der Waals surface area (Å²) in [5, 5.41) is 10.5. The fourth-order valence-corrected chi connectivity index (χ4v) is 3.25. The van der Waals surface area contributed by atoms with Crippen LogP contribution in [-0.2, 0) is 29.1 Å². The SMILES string of the molecule is CCC(CC)C(=O)NCCn1nc(C(=O)NC2CC2)c2c1CCOC2. The first kappa shape index (κ1) is 17.9. The number of hydrogen-bond donors (Lipinski definition) is 2. The van der Waals surface area contributed by atoms with Crippen LogP contribution in [0.5, 0.6) is 0 Å². The van der Waals surface area contributed by atoms with Gasteiger partial charge in [0, 0.05) is 36.2 Å². The first-order valence-electron chi connectivity index (χ1n) is 9.38. The fourth-order valence-electron chi connectivity index (χ4n) is 3.25. The molecule has 7 nitrogen and oxygen atoms in total. The maximum absolute atomic E-state index is 12.4. The van der Waals surface area contributed by atoms with Crippen LogP contribution in [0.3, 0.4) is 0 Å². The van der Waals surface area contributed by atoms with Gasteiger partial charge in [-0.05, 0) is 25.7 Å². The molecular formula is C18H28N4O3. The zero-order valence-corrected chi connectivity index (χ0v) is 15.1. The second-order valence-electron chi connectivity index (χ2n) is 6.85. The van der Waals surface area contributed by atoms with Crippen LogP contribution >= 0.6 is 0 Å².